The first-order valence-electron chi connectivity index (χ1n) is 13.5. The number of nitrogens with zero attached hydrogens (tertiary/aromatic N) is 1. The summed E-state index contributed by atoms with van der Waals surface area (Å²) in [5, 5.41) is 3.59. The van der Waals surface area contributed by atoms with E-state index in [1.807, 2.05) is 33.8 Å². The number of nitrogens with one attached hydrogen (secondary N) is 2. The Morgan fingerprint density at radius 3 is 2.29 bits per heavy atom. The highest BCUT2D eigenvalue weighted by Crippen LogP contribution is 2.31. The number of amides is 2. The molecular weight excluding hydrogens is 581 g/mol. The summed E-state index contributed by atoms with van der Waals surface area (Å²) in [6.07, 6.45) is 2.10. The molecule has 3 aromatic rings. The van der Waals surface area contributed by atoms with Gasteiger partial charge in [-0.1, -0.05) is 50.0 Å². The van der Waals surface area contributed by atoms with Gasteiger partial charge in [-0.05, 0) is 104 Å². The number of halogens is 2. The summed E-state index contributed by atoms with van der Waals surface area (Å²) in [4.78, 5) is 28.4. The van der Waals surface area contributed by atoms with Gasteiger partial charge in [-0.2, -0.15) is 0 Å². The van der Waals surface area contributed by atoms with Crippen molar-refractivity contribution in [3.8, 4) is 0 Å². The Kier molecular flexibility index (Phi) is 9.07. The maximum atomic E-state index is 13.5. The quantitative estimate of drug-likeness (QED) is 0.303. The van der Waals surface area contributed by atoms with Gasteiger partial charge in [0.05, 0.1) is 15.6 Å². The number of carbonyl (C=O) groups excluding carboxylic acids is 2. The number of anilines is 2. The molecule has 1 atom stereocenters. The van der Waals surface area contributed by atoms with Crippen molar-refractivity contribution in [1.29, 1.82) is 0 Å². The highest BCUT2D eigenvalue weighted by atomic mass is 35.5. The van der Waals surface area contributed by atoms with Crippen LogP contribution in [0.3, 0.4) is 0 Å². The van der Waals surface area contributed by atoms with Crippen molar-refractivity contribution in [2.24, 2.45) is 0 Å². The first-order valence-corrected chi connectivity index (χ1v) is 15.7. The van der Waals surface area contributed by atoms with E-state index in [0.717, 1.165) is 24.0 Å². The molecule has 1 fully saturated rings. The third-order valence-corrected chi connectivity index (χ3v) is 9.48. The summed E-state index contributed by atoms with van der Waals surface area (Å²) in [5.41, 5.74) is 3.38. The van der Waals surface area contributed by atoms with E-state index < -0.39 is 16.1 Å². The van der Waals surface area contributed by atoms with Crippen LogP contribution in [0.25, 0.3) is 0 Å². The minimum absolute atomic E-state index is 0.214. The molecule has 0 aromatic heterocycles. The van der Waals surface area contributed by atoms with Crippen molar-refractivity contribution in [2.45, 2.75) is 70.2 Å². The van der Waals surface area contributed by atoms with Gasteiger partial charge < -0.3 is 10.2 Å². The molecule has 1 aliphatic heterocycles. The molecule has 4 rings (SSSR count). The summed E-state index contributed by atoms with van der Waals surface area (Å²) in [5.74, 6) is -0.643. The topological polar surface area (TPSA) is 95.6 Å². The Bertz CT molecular complexity index is 1580. The van der Waals surface area contributed by atoms with E-state index in [1.54, 1.807) is 60.4 Å². The average molecular weight is 617 g/mol. The minimum atomic E-state index is -3.88. The zero-order valence-corrected chi connectivity index (χ0v) is 26.2. The summed E-state index contributed by atoms with van der Waals surface area (Å²) < 4.78 is 29.4. The largest absolute Gasteiger partial charge is 0.327 e. The Morgan fingerprint density at radius 2 is 1.63 bits per heavy atom. The first-order chi connectivity index (χ1) is 19.2. The molecular formula is C31H35Cl2N3O4S. The van der Waals surface area contributed by atoms with Crippen molar-refractivity contribution >= 4 is 56.4 Å². The molecule has 3 aromatic carbocycles. The second kappa shape index (κ2) is 12.0. The molecule has 0 bridgehead atoms. The van der Waals surface area contributed by atoms with E-state index in [0.29, 0.717) is 45.5 Å². The second-order valence-electron chi connectivity index (χ2n) is 11.5. The third kappa shape index (κ3) is 7.05. The lowest BCUT2D eigenvalue weighted by Gasteiger charge is -2.35. The highest BCUT2D eigenvalue weighted by molar-refractivity contribution is 7.92. The smallest absolute Gasteiger partial charge is 0.262 e. The number of aryl methyl sites for hydroxylation is 1. The van der Waals surface area contributed by atoms with Crippen LogP contribution < -0.4 is 10.0 Å². The summed E-state index contributed by atoms with van der Waals surface area (Å²) in [7, 11) is -3.88. The Morgan fingerprint density at radius 1 is 0.951 bits per heavy atom. The standard InChI is InChI=1S/C31H35Cl2N3O4S/c1-19-16-22(31(3,4)5)17-28(20(19)2)41(39,40)35-24-12-9-21(10-13-24)30(38)36-15-7-6-8-27(36)29(37)34-26-18-23(32)11-14-25(26)33/h9-14,16-18,27,35H,6-8,15H2,1-5H3,(H,34,37). The van der Waals surface area contributed by atoms with E-state index in [9.17, 15) is 18.0 Å². The van der Waals surface area contributed by atoms with E-state index in [4.69, 9.17) is 23.2 Å². The number of piperidine rings is 1. The van der Waals surface area contributed by atoms with Gasteiger partial charge in [-0.15, -0.1) is 0 Å². The molecule has 0 radical (unpaired) electrons. The van der Waals surface area contributed by atoms with Gasteiger partial charge in [0.15, 0.2) is 0 Å². The summed E-state index contributed by atoms with van der Waals surface area (Å²) in [6, 6.07) is 14.1. The second-order valence-corrected chi connectivity index (χ2v) is 14.0. The van der Waals surface area contributed by atoms with Crippen LogP contribution in [-0.4, -0.2) is 37.7 Å². The van der Waals surface area contributed by atoms with Crippen molar-refractivity contribution in [2.75, 3.05) is 16.6 Å². The van der Waals surface area contributed by atoms with Crippen LogP contribution in [0.5, 0.6) is 0 Å². The molecule has 10 heteroatoms. The van der Waals surface area contributed by atoms with Gasteiger partial charge in [0.1, 0.15) is 6.04 Å². The van der Waals surface area contributed by atoms with E-state index in [-0.39, 0.29) is 22.1 Å². The minimum Gasteiger partial charge on any atom is -0.327 e. The maximum Gasteiger partial charge on any atom is 0.262 e. The number of likely N-dealkylation sites (tertiary alicyclic amines) is 1. The fraction of sp³-hybridized carbons (Fsp3) is 0.355. The Balaban J connectivity index is 1.52. The maximum absolute atomic E-state index is 13.5. The van der Waals surface area contributed by atoms with Gasteiger partial charge in [0, 0.05) is 22.8 Å². The van der Waals surface area contributed by atoms with Crippen molar-refractivity contribution in [1.82, 2.24) is 4.90 Å². The first kappa shape index (κ1) is 30.9. The zero-order chi connectivity index (χ0) is 30.1. The predicted octanol–water partition coefficient (Wildman–Crippen LogP) is 7.34. The number of hydrogen-bond donors (Lipinski definition) is 2. The van der Waals surface area contributed by atoms with E-state index >= 15 is 0 Å². The average Bonchev–Trinajstić information content (AvgIpc) is 2.91. The molecule has 1 aliphatic rings. The van der Waals surface area contributed by atoms with Crippen LogP contribution in [0.1, 0.15) is 67.1 Å². The van der Waals surface area contributed by atoms with E-state index in [1.165, 1.54) is 0 Å². The monoisotopic (exact) mass is 615 g/mol. The molecule has 1 heterocycles. The summed E-state index contributed by atoms with van der Waals surface area (Å²) >= 11 is 12.3. The fourth-order valence-corrected chi connectivity index (χ4v) is 6.59. The lowest BCUT2D eigenvalue weighted by atomic mass is 9.85. The molecule has 0 spiro atoms. The molecule has 218 valence electrons. The van der Waals surface area contributed by atoms with Crippen LogP contribution in [0.15, 0.2) is 59.5 Å². The van der Waals surface area contributed by atoms with E-state index in [2.05, 4.69) is 10.0 Å². The van der Waals surface area contributed by atoms with Crippen molar-refractivity contribution in [3.05, 3.63) is 86.9 Å². The number of hydrogen-bond acceptors (Lipinski definition) is 4. The molecule has 2 amide bonds. The molecule has 0 saturated carbocycles. The lowest BCUT2D eigenvalue weighted by Crippen LogP contribution is -2.50. The van der Waals surface area contributed by atoms with Gasteiger partial charge in [-0.25, -0.2) is 8.42 Å². The molecule has 2 N–H and O–H groups in total. The highest BCUT2D eigenvalue weighted by Gasteiger charge is 2.33. The van der Waals surface area contributed by atoms with Crippen LogP contribution in [0.4, 0.5) is 11.4 Å². The van der Waals surface area contributed by atoms with Crippen LogP contribution in [-0.2, 0) is 20.2 Å². The SMILES string of the molecule is Cc1cc(C(C)(C)C)cc(S(=O)(=O)Nc2ccc(C(=O)N3CCCCC3C(=O)Nc3cc(Cl)ccc3Cl)cc2)c1C. The van der Waals surface area contributed by atoms with Gasteiger partial charge in [0.25, 0.3) is 15.9 Å². The van der Waals surface area contributed by atoms with Gasteiger partial charge in [0.2, 0.25) is 5.91 Å². The van der Waals surface area contributed by atoms with Crippen molar-refractivity contribution < 1.29 is 18.0 Å². The molecule has 0 aliphatic carbocycles. The fourth-order valence-electron chi connectivity index (χ4n) is 4.85. The Hall–Kier alpha value is -3.07. The van der Waals surface area contributed by atoms with Crippen LogP contribution in [0.2, 0.25) is 10.0 Å². The number of rotatable bonds is 6. The number of sulfonamides is 1. The Labute approximate surface area is 252 Å². The van der Waals surface area contributed by atoms with Crippen LogP contribution in [0, 0.1) is 13.8 Å². The zero-order valence-electron chi connectivity index (χ0n) is 23.8. The van der Waals surface area contributed by atoms with Gasteiger partial charge in [-0.3, -0.25) is 14.3 Å². The van der Waals surface area contributed by atoms with Gasteiger partial charge >= 0.3 is 0 Å². The molecule has 41 heavy (non-hydrogen) atoms. The molecule has 1 saturated heterocycles. The number of benzene rings is 3. The molecule has 1 unspecified atom stereocenters. The van der Waals surface area contributed by atoms with Crippen molar-refractivity contribution in [3.63, 3.8) is 0 Å². The summed E-state index contributed by atoms with van der Waals surface area (Å²) in [6.45, 7) is 10.3. The third-order valence-electron chi connectivity index (χ3n) is 7.41. The lowest BCUT2D eigenvalue weighted by molar-refractivity contribution is -0.121. The number of carbonyl (C=O) groups is 2. The van der Waals surface area contributed by atoms with Crippen LogP contribution >= 0.6 is 23.2 Å². The predicted molar refractivity (Wildman–Crippen MR) is 166 cm³/mol. The molecule has 7 nitrogen and oxygen atoms in total. The normalized spacial score (nSPS) is 15.9.